The van der Waals surface area contributed by atoms with E-state index in [9.17, 15) is 14.2 Å². The van der Waals surface area contributed by atoms with Crippen LogP contribution in [0.4, 0.5) is 0 Å². The molecule has 2 aliphatic heterocycles. The Hall–Kier alpha value is -0.990. The number of methoxy groups -OCH3 is 1. The van der Waals surface area contributed by atoms with Crippen LogP contribution in [0.15, 0.2) is 0 Å². The monoisotopic (exact) mass is 364 g/mol. The van der Waals surface area contributed by atoms with Gasteiger partial charge in [0.1, 0.15) is 0 Å². The van der Waals surface area contributed by atoms with Crippen LogP contribution >= 0.6 is 7.75 Å². The Morgan fingerprint density at radius 2 is 2.00 bits per heavy atom. The highest BCUT2D eigenvalue weighted by Crippen LogP contribution is 2.58. The molecule has 0 spiro atoms. The highest BCUT2D eigenvalue weighted by atomic mass is 31.2. The van der Waals surface area contributed by atoms with E-state index in [2.05, 4.69) is 10.1 Å². The lowest BCUT2D eigenvalue weighted by molar-refractivity contribution is -0.142. The van der Waals surface area contributed by atoms with Crippen LogP contribution in [0.3, 0.4) is 0 Å². The van der Waals surface area contributed by atoms with E-state index in [1.165, 1.54) is 7.11 Å². The average Bonchev–Trinajstić information content (AvgIpc) is 2.57. The lowest BCUT2D eigenvalue weighted by Crippen LogP contribution is -2.51. The van der Waals surface area contributed by atoms with Gasteiger partial charge in [-0.25, -0.2) is 9.24 Å². The molecule has 0 aromatic carbocycles. The molecule has 0 aliphatic carbocycles. The number of morpholine rings is 1. The molecular weight excluding hydrogens is 339 g/mol. The summed E-state index contributed by atoms with van der Waals surface area (Å²) in [5.41, 5.74) is -0.643. The maximum absolute atomic E-state index is 13.0. The van der Waals surface area contributed by atoms with E-state index in [1.807, 2.05) is 0 Å². The summed E-state index contributed by atoms with van der Waals surface area (Å²) in [6, 6.07) is 0. The van der Waals surface area contributed by atoms with Crippen molar-refractivity contribution in [2.75, 3.05) is 46.6 Å². The summed E-state index contributed by atoms with van der Waals surface area (Å²) in [7, 11) is -2.25. The van der Waals surface area contributed by atoms with Gasteiger partial charge in [-0.2, -0.15) is 0 Å². The molecule has 2 atom stereocenters. The number of hydrogen-bond acceptors (Lipinski definition) is 7. The quantitative estimate of drug-likeness (QED) is 0.557. The van der Waals surface area contributed by atoms with Gasteiger partial charge in [-0.1, -0.05) is 13.8 Å². The van der Waals surface area contributed by atoms with E-state index >= 15 is 0 Å². The Morgan fingerprint density at radius 1 is 1.33 bits per heavy atom. The number of nitrogens with one attached hydrogen (secondary N) is 1. The summed E-state index contributed by atoms with van der Waals surface area (Å²) in [6.07, 6.45) is -0.870. The number of rotatable bonds is 5. The van der Waals surface area contributed by atoms with Crippen molar-refractivity contribution in [2.45, 2.75) is 26.4 Å². The maximum Gasteiger partial charge on any atom is 0.409 e. The Labute approximate surface area is 141 Å². The Bertz CT molecular complexity index is 519. The first-order valence-corrected chi connectivity index (χ1v) is 9.39. The maximum atomic E-state index is 13.0. The first-order valence-electron chi connectivity index (χ1n) is 7.89. The number of carbonyl (C=O) groups is 2. The molecule has 0 radical (unpaired) electrons. The number of ether oxygens (including phenoxy) is 2. The van der Waals surface area contributed by atoms with E-state index in [0.29, 0.717) is 26.3 Å². The SMILES string of the molecule is COC(=O)CCNC(=O)[C@@H]1OP(=O)(N2CCOCC2)OCC1(C)C. The largest absolute Gasteiger partial charge is 0.469 e. The van der Waals surface area contributed by atoms with Gasteiger partial charge in [-0.15, -0.1) is 0 Å². The van der Waals surface area contributed by atoms with Crippen molar-refractivity contribution in [3.63, 3.8) is 0 Å². The summed E-state index contributed by atoms with van der Waals surface area (Å²) in [5.74, 6) is -0.831. The third-order valence-electron chi connectivity index (χ3n) is 3.98. The highest BCUT2D eigenvalue weighted by Gasteiger charge is 2.50. The van der Waals surface area contributed by atoms with E-state index in [4.69, 9.17) is 13.8 Å². The molecule has 1 unspecified atom stereocenters. The fourth-order valence-corrected chi connectivity index (χ4v) is 4.62. The molecule has 0 saturated carbocycles. The molecule has 2 heterocycles. The predicted molar refractivity (Wildman–Crippen MR) is 84.2 cm³/mol. The Morgan fingerprint density at radius 3 is 2.62 bits per heavy atom. The van der Waals surface area contributed by atoms with Gasteiger partial charge in [0.2, 0.25) is 5.91 Å². The number of hydrogen-bond donors (Lipinski definition) is 1. The van der Waals surface area contributed by atoms with E-state index in [1.54, 1.807) is 18.5 Å². The molecule has 2 aliphatic rings. The zero-order chi connectivity index (χ0) is 17.8. The van der Waals surface area contributed by atoms with E-state index < -0.39 is 31.1 Å². The van der Waals surface area contributed by atoms with Crippen molar-refractivity contribution in [1.29, 1.82) is 0 Å². The third kappa shape index (κ3) is 4.55. The standard InChI is InChI=1S/C14H25N2O7P/c1-14(2)10-22-24(19,16-6-8-21-9-7-16)23-12(14)13(18)15-5-4-11(17)20-3/h12H,4-10H2,1-3H3,(H,15,18)/t12-,24?/m0/s1. The van der Waals surface area contributed by atoms with Gasteiger partial charge in [0.25, 0.3) is 0 Å². The Kier molecular flexibility index (Phi) is 6.39. The molecular formula is C14H25N2O7P. The number of carbonyl (C=O) groups excluding carboxylic acids is 2. The summed E-state index contributed by atoms with van der Waals surface area (Å²) >= 11 is 0. The second kappa shape index (κ2) is 7.93. The van der Waals surface area contributed by atoms with Crippen molar-refractivity contribution < 1.29 is 32.7 Å². The summed E-state index contributed by atoms with van der Waals surface area (Å²) < 4.78 is 35.5. The van der Waals surface area contributed by atoms with Crippen LogP contribution in [0.2, 0.25) is 0 Å². The number of amides is 1. The minimum Gasteiger partial charge on any atom is -0.469 e. The van der Waals surface area contributed by atoms with Gasteiger partial charge < -0.3 is 14.8 Å². The number of nitrogens with zero attached hydrogens (tertiary/aromatic N) is 1. The minimum absolute atomic E-state index is 0.0625. The van der Waals surface area contributed by atoms with Crippen LogP contribution in [-0.2, 0) is 32.7 Å². The lowest BCUT2D eigenvalue weighted by atomic mass is 9.87. The van der Waals surface area contributed by atoms with Gasteiger partial charge in [-0.3, -0.25) is 18.6 Å². The number of esters is 1. The molecule has 1 N–H and O–H groups in total. The second-order valence-electron chi connectivity index (χ2n) is 6.40. The van der Waals surface area contributed by atoms with E-state index in [-0.39, 0.29) is 19.6 Å². The molecule has 9 nitrogen and oxygen atoms in total. The molecule has 1 amide bonds. The molecule has 2 rings (SSSR count). The molecule has 138 valence electrons. The van der Waals surface area contributed by atoms with Crippen molar-refractivity contribution in [2.24, 2.45) is 5.41 Å². The molecule has 0 bridgehead atoms. The van der Waals surface area contributed by atoms with Crippen LogP contribution in [-0.4, -0.2) is 69.2 Å². The molecule has 10 heteroatoms. The van der Waals surface area contributed by atoms with Crippen LogP contribution in [0.25, 0.3) is 0 Å². The van der Waals surface area contributed by atoms with Crippen LogP contribution in [0.1, 0.15) is 20.3 Å². The lowest BCUT2D eigenvalue weighted by Gasteiger charge is -2.43. The fraction of sp³-hybridized carbons (Fsp3) is 0.857. The smallest absolute Gasteiger partial charge is 0.409 e. The van der Waals surface area contributed by atoms with Gasteiger partial charge >= 0.3 is 13.7 Å². The van der Waals surface area contributed by atoms with Gasteiger partial charge in [0.15, 0.2) is 6.10 Å². The fourth-order valence-electron chi connectivity index (χ4n) is 2.46. The van der Waals surface area contributed by atoms with Gasteiger partial charge in [0.05, 0.1) is 33.4 Å². The van der Waals surface area contributed by atoms with Gasteiger partial charge in [-0.05, 0) is 0 Å². The second-order valence-corrected chi connectivity index (χ2v) is 8.37. The normalized spacial score (nSPS) is 30.5. The van der Waals surface area contributed by atoms with Crippen molar-refractivity contribution in [3.05, 3.63) is 0 Å². The minimum atomic E-state index is -3.53. The first-order chi connectivity index (χ1) is 11.3. The average molecular weight is 364 g/mol. The van der Waals surface area contributed by atoms with Crippen molar-refractivity contribution >= 4 is 19.6 Å². The topological polar surface area (TPSA) is 103 Å². The van der Waals surface area contributed by atoms with E-state index in [0.717, 1.165) is 0 Å². The molecule has 0 aromatic heterocycles. The highest BCUT2D eigenvalue weighted by molar-refractivity contribution is 7.51. The Balaban J connectivity index is 2.01. The summed E-state index contributed by atoms with van der Waals surface area (Å²) in [6.45, 7) is 5.61. The third-order valence-corrected chi connectivity index (χ3v) is 6.00. The van der Waals surface area contributed by atoms with Crippen LogP contribution in [0, 0.1) is 5.41 Å². The molecule has 2 saturated heterocycles. The van der Waals surface area contributed by atoms with Crippen molar-refractivity contribution in [1.82, 2.24) is 9.99 Å². The zero-order valence-electron chi connectivity index (χ0n) is 14.3. The predicted octanol–water partition coefficient (Wildman–Crippen LogP) is 0.548. The van der Waals surface area contributed by atoms with Gasteiger partial charge in [0, 0.05) is 25.0 Å². The molecule has 2 fully saturated rings. The first kappa shape index (κ1) is 19.3. The van der Waals surface area contributed by atoms with Crippen LogP contribution < -0.4 is 5.32 Å². The summed E-state index contributed by atoms with van der Waals surface area (Å²) in [5, 5.41) is 2.63. The zero-order valence-corrected chi connectivity index (χ0v) is 15.2. The van der Waals surface area contributed by atoms with Crippen LogP contribution in [0.5, 0.6) is 0 Å². The molecule has 0 aromatic rings. The van der Waals surface area contributed by atoms with Crippen molar-refractivity contribution in [3.8, 4) is 0 Å². The molecule has 24 heavy (non-hydrogen) atoms. The summed E-state index contributed by atoms with van der Waals surface area (Å²) in [4.78, 5) is 23.6.